The molecule has 0 radical (unpaired) electrons. The molecule has 1 aliphatic rings. The number of carbonyl (C=O) groups is 2. The molecule has 2 atom stereocenters. The van der Waals surface area contributed by atoms with Gasteiger partial charge in [0.25, 0.3) is 5.91 Å². The van der Waals surface area contributed by atoms with Crippen LogP contribution in [0.4, 0.5) is 0 Å². The summed E-state index contributed by atoms with van der Waals surface area (Å²) < 4.78 is 5.73. The summed E-state index contributed by atoms with van der Waals surface area (Å²) in [6.07, 6.45) is 3.86. The summed E-state index contributed by atoms with van der Waals surface area (Å²) in [4.78, 5) is 29.6. The topological polar surface area (TPSA) is 79.7 Å². The largest absolute Gasteiger partial charge is 0.481 e. The highest BCUT2D eigenvalue weighted by Gasteiger charge is 2.32. The number of nitrogens with zero attached hydrogens (tertiary/aromatic N) is 2. The average Bonchev–Trinajstić information content (AvgIpc) is 2.61. The second kappa shape index (κ2) is 7.34. The van der Waals surface area contributed by atoms with E-state index in [4.69, 9.17) is 4.74 Å². The van der Waals surface area contributed by atoms with Crippen molar-refractivity contribution in [3.05, 3.63) is 54.4 Å². The number of benzene rings is 1. The molecule has 0 aliphatic carbocycles. The quantitative estimate of drug-likeness (QED) is 0.925. The van der Waals surface area contributed by atoms with Crippen LogP contribution in [0.5, 0.6) is 11.5 Å². The fourth-order valence-electron chi connectivity index (χ4n) is 3.11. The van der Waals surface area contributed by atoms with Crippen molar-refractivity contribution in [3.63, 3.8) is 0 Å². The third-order valence-corrected chi connectivity index (χ3v) is 4.26. The lowest BCUT2D eigenvalue weighted by atomic mass is 9.90. The van der Waals surface area contributed by atoms with Gasteiger partial charge in [-0.25, -0.2) is 0 Å². The van der Waals surface area contributed by atoms with Crippen LogP contribution in [-0.2, 0) is 4.79 Å². The molecule has 2 heterocycles. The summed E-state index contributed by atoms with van der Waals surface area (Å²) in [5, 5.41) is 9.27. The Kier molecular flexibility index (Phi) is 4.97. The molecule has 1 aromatic heterocycles. The molecule has 6 nitrogen and oxygen atoms in total. The monoisotopic (exact) mass is 340 g/mol. The lowest BCUT2D eigenvalue weighted by molar-refractivity contribution is -0.143. The van der Waals surface area contributed by atoms with E-state index in [0.717, 1.165) is 0 Å². The maximum absolute atomic E-state index is 12.8. The molecule has 0 spiro atoms. The van der Waals surface area contributed by atoms with Gasteiger partial charge < -0.3 is 14.7 Å². The molecular weight excluding hydrogens is 320 g/mol. The van der Waals surface area contributed by atoms with E-state index >= 15 is 0 Å². The molecular formula is C19H20N2O4. The predicted molar refractivity (Wildman–Crippen MR) is 91.6 cm³/mol. The van der Waals surface area contributed by atoms with Gasteiger partial charge in [0.1, 0.15) is 11.5 Å². The normalized spacial score (nSPS) is 20.1. The van der Waals surface area contributed by atoms with Crippen molar-refractivity contribution in [1.29, 1.82) is 0 Å². The average molecular weight is 340 g/mol. The van der Waals surface area contributed by atoms with Gasteiger partial charge in [-0.2, -0.15) is 0 Å². The number of aliphatic carboxylic acids is 1. The Morgan fingerprint density at radius 1 is 1.16 bits per heavy atom. The number of carbonyl (C=O) groups excluding carboxylic acids is 1. The number of rotatable bonds is 4. The lowest BCUT2D eigenvalue weighted by Crippen LogP contribution is -2.45. The Morgan fingerprint density at radius 2 is 1.92 bits per heavy atom. The molecule has 1 N–H and O–H groups in total. The van der Waals surface area contributed by atoms with E-state index in [1.54, 1.807) is 53.7 Å². The Bertz CT molecular complexity index is 763. The first-order chi connectivity index (χ1) is 12.0. The predicted octanol–water partition coefficient (Wildman–Crippen LogP) is 3.06. The van der Waals surface area contributed by atoms with E-state index in [1.807, 2.05) is 6.92 Å². The highest BCUT2D eigenvalue weighted by molar-refractivity contribution is 5.95. The number of aromatic nitrogens is 1. The second-order valence-electron chi connectivity index (χ2n) is 6.40. The molecule has 1 aromatic carbocycles. The minimum atomic E-state index is -0.848. The zero-order valence-electron chi connectivity index (χ0n) is 14.0. The van der Waals surface area contributed by atoms with E-state index in [2.05, 4.69) is 4.98 Å². The van der Waals surface area contributed by atoms with Crippen LogP contribution in [0.25, 0.3) is 0 Å². The number of piperidine rings is 1. The number of hydrogen-bond donors (Lipinski definition) is 1. The van der Waals surface area contributed by atoms with E-state index in [9.17, 15) is 14.7 Å². The summed E-state index contributed by atoms with van der Waals surface area (Å²) in [6, 6.07) is 10.4. The standard InChI is InChI=1S/C19H20N2O4/c1-13-9-15(19(23)24)12-21(11-13)18(22)14-3-2-4-17(10-14)25-16-5-7-20-8-6-16/h2-8,10,13,15H,9,11-12H2,1H3,(H,23,24). The third-order valence-electron chi connectivity index (χ3n) is 4.26. The molecule has 1 amide bonds. The van der Waals surface area contributed by atoms with Gasteiger partial charge in [-0.1, -0.05) is 13.0 Å². The SMILES string of the molecule is CC1CC(C(=O)O)CN(C(=O)c2cccc(Oc3ccncc3)c2)C1. The van der Waals surface area contributed by atoms with Crippen molar-refractivity contribution < 1.29 is 19.4 Å². The van der Waals surface area contributed by atoms with E-state index in [1.165, 1.54) is 0 Å². The van der Waals surface area contributed by atoms with E-state index in [0.29, 0.717) is 30.0 Å². The Balaban J connectivity index is 1.76. The van der Waals surface area contributed by atoms with Crippen molar-refractivity contribution in [2.24, 2.45) is 11.8 Å². The highest BCUT2D eigenvalue weighted by Crippen LogP contribution is 2.25. The molecule has 1 saturated heterocycles. The molecule has 6 heteroatoms. The maximum atomic E-state index is 12.8. The van der Waals surface area contributed by atoms with Crippen molar-refractivity contribution in [2.75, 3.05) is 13.1 Å². The fraction of sp³-hybridized carbons (Fsp3) is 0.316. The van der Waals surface area contributed by atoms with Crippen LogP contribution in [-0.4, -0.2) is 40.0 Å². The molecule has 1 aliphatic heterocycles. The third kappa shape index (κ3) is 4.15. The van der Waals surface area contributed by atoms with Crippen LogP contribution in [0.2, 0.25) is 0 Å². The number of carboxylic acid groups (broad SMARTS) is 1. The first-order valence-electron chi connectivity index (χ1n) is 8.23. The second-order valence-corrected chi connectivity index (χ2v) is 6.40. The van der Waals surface area contributed by atoms with E-state index < -0.39 is 11.9 Å². The van der Waals surface area contributed by atoms with Crippen LogP contribution >= 0.6 is 0 Å². The molecule has 1 fully saturated rings. The first-order valence-corrected chi connectivity index (χ1v) is 8.23. The molecule has 0 bridgehead atoms. The number of hydrogen-bond acceptors (Lipinski definition) is 4. The lowest BCUT2D eigenvalue weighted by Gasteiger charge is -2.34. The fourth-order valence-corrected chi connectivity index (χ4v) is 3.11. The number of likely N-dealkylation sites (tertiary alicyclic amines) is 1. The Labute approximate surface area is 146 Å². The number of ether oxygens (including phenoxy) is 1. The van der Waals surface area contributed by atoms with Gasteiger partial charge in [0.05, 0.1) is 5.92 Å². The van der Waals surface area contributed by atoms with Crippen molar-refractivity contribution >= 4 is 11.9 Å². The number of carboxylic acids is 1. The summed E-state index contributed by atoms with van der Waals surface area (Å²) in [5.74, 6) is -0.176. The smallest absolute Gasteiger partial charge is 0.308 e. The van der Waals surface area contributed by atoms with Crippen LogP contribution in [0.1, 0.15) is 23.7 Å². The van der Waals surface area contributed by atoms with Gasteiger partial charge in [-0.3, -0.25) is 14.6 Å². The van der Waals surface area contributed by atoms with E-state index in [-0.39, 0.29) is 18.4 Å². The first kappa shape index (κ1) is 17.0. The molecule has 25 heavy (non-hydrogen) atoms. The van der Waals surface area contributed by atoms with Gasteiger partial charge in [-0.05, 0) is 42.7 Å². The van der Waals surface area contributed by atoms with Gasteiger partial charge in [0, 0.05) is 31.0 Å². The highest BCUT2D eigenvalue weighted by atomic mass is 16.5. The number of pyridine rings is 1. The van der Waals surface area contributed by atoms with Gasteiger partial charge in [0.2, 0.25) is 0 Å². The molecule has 130 valence electrons. The molecule has 2 aromatic rings. The van der Waals surface area contributed by atoms with Crippen molar-refractivity contribution in [2.45, 2.75) is 13.3 Å². The summed E-state index contributed by atoms with van der Waals surface area (Å²) in [7, 11) is 0. The van der Waals surface area contributed by atoms with Crippen LogP contribution in [0.15, 0.2) is 48.8 Å². The molecule has 0 saturated carbocycles. The Hall–Kier alpha value is -2.89. The van der Waals surface area contributed by atoms with Gasteiger partial charge in [-0.15, -0.1) is 0 Å². The zero-order chi connectivity index (χ0) is 17.8. The maximum Gasteiger partial charge on any atom is 0.308 e. The minimum absolute atomic E-state index is 0.162. The molecule has 2 unspecified atom stereocenters. The summed E-state index contributed by atoms with van der Waals surface area (Å²) in [5.41, 5.74) is 0.491. The van der Waals surface area contributed by atoms with Crippen molar-refractivity contribution in [3.8, 4) is 11.5 Å². The van der Waals surface area contributed by atoms with Crippen molar-refractivity contribution in [1.82, 2.24) is 9.88 Å². The van der Waals surface area contributed by atoms with Crippen LogP contribution < -0.4 is 4.74 Å². The molecule has 3 rings (SSSR count). The number of amides is 1. The zero-order valence-corrected chi connectivity index (χ0v) is 14.0. The van der Waals surface area contributed by atoms with Crippen LogP contribution in [0, 0.1) is 11.8 Å². The summed E-state index contributed by atoms with van der Waals surface area (Å²) in [6.45, 7) is 2.78. The minimum Gasteiger partial charge on any atom is -0.481 e. The van der Waals surface area contributed by atoms with Gasteiger partial charge in [0.15, 0.2) is 0 Å². The van der Waals surface area contributed by atoms with Gasteiger partial charge >= 0.3 is 5.97 Å². The Morgan fingerprint density at radius 3 is 2.64 bits per heavy atom. The van der Waals surface area contributed by atoms with Crippen LogP contribution in [0.3, 0.4) is 0 Å². The summed E-state index contributed by atoms with van der Waals surface area (Å²) >= 11 is 0.